The number of hydrogen-bond donors (Lipinski definition) is 2. The fraction of sp³-hybridized carbons (Fsp3) is 0.632. The number of nitrogens with two attached hydrogens (primary N) is 1. The summed E-state index contributed by atoms with van der Waals surface area (Å²) in [4.78, 5) is 13.2. The molecule has 134 valence electrons. The van der Waals surface area contributed by atoms with Crippen LogP contribution in [0.5, 0.6) is 5.75 Å². The summed E-state index contributed by atoms with van der Waals surface area (Å²) in [6.07, 6.45) is 3.03. The zero-order chi connectivity index (χ0) is 17.5. The van der Waals surface area contributed by atoms with Crippen molar-refractivity contribution in [2.24, 2.45) is 11.7 Å². The van der Waals surface area contributed by atoms with Gasteiger partial charge in [0.05, 0.1) is 0 Å². The Labute approximate surface area is 144 Å². The molecule has 0 spiro atoms. The van der Waals surface area contributed by atoms with E-state index in [0.717, 1.165) is 49.2 Å². The minimum absolute atomic E-state index is 0.228. The first-order chi connectivity index (χ1) is 11.4. The normalized spacial score (nSPS) is 19.9. The van der Waals surface area contributed by atoms with Gasteiger partial charge in [0.25, 0.3) is 0 Å². The summed E-state index contributed by atoms with van der Waals surface area (Å²) in [6.45, 7) is 6.90. The van der Waals surface area contributed by atoms with Gasteiger partial charge in [-0.15, -0.1) is 0 Å². The second-order valence-electron chi connectivity index (χ2n) is 7.06. The minimum atomic E-state index is -0.513. The maximum absolute atomic E-state index is 10.9. The largest absolute Gasteiger partial charge is 0.491 e. The fourth-order valence-corrected chi connectivity index (χ4v) is 3.46. The number of piperidine rings is 1. The van der Waals surface area contributed by atoms with Crippen LogP contribution in [0.25, 0.3) is 0 Å². The highest BCUT2D eigenvalue weighted by Crippen LogP contribution is 2.21. The molecule has 2 rings (SSSR count). The van der Waals surface area contributed by atoms with E-state index in [0.29, 0.717) is 25.5 Å². The molecule has 0 saturated carbocycles. The van der Waals surface area contributed by atoms with Crippen molar-refractivity contribution in [2.75, 3.05) is 26.2 Å². The molecule has 0 aliphatic carbocycles. The van der Waals surface area contributed by atoms with Gasteiger partial charge < -0.3 is 20.5 Å². The number of β-amino-alcohol motifs (C(OH)–C–C–N with tert-alkyl or cyclic N) is 1. The number of primary amides is 1. The minimum Gasteiger partial charge on any atom is -0.491 e. The molecule has 1 fully saturated rings. The molecule has 1 saturated heterocycles. The molecular formula is C19H30N2O3. The van der Waals surface area contributed by atoms with Crippen molar-refractivity contribution in [2.45, 2.75) is 45.6 Å². The summed E-state index contributed by atoms with van der Waals surface area (Å²) in [5, 5.41) is 10.3. The van der Waals surface area contributed by atoms with Crippen LogP contribution in [-0.4, -0.2) is 48.3 Å². The molecule has 24 heavy (non-hydrogen) atoms. The van der Waals surface area contributed by atoms with Gasteiger partial charge in [-0.05, 0) is 68.8 Å². The highest BCUT2D eigenvalue weighted by atomic mass is 16.5. The summed E-state index contributed by atoms with van der Waals surface area (Å²) >= 11 is 0. The molecule has 2 atom stereocenters. The molecule has 1 amide bonds. The summed E-state index contributed by atoms with van der Waals surface area (Å²) in [5.74, 6) is 1.08. The molecule has 1 aromatic rings. The van der Waals surface area contributed by atoms with Gasteiger partial charge in [-0.25, -0.2) is 0 Å². The van der Waals surface area contributed by atoms with Gasteiger partial charge in [0.2, 0.25) is 5.91 Å². The first-order valence-electron chi connectivity index (χ1n) is 8.82. The second-order valence-corrected chi connectivity index (χ2v) is 7.06. The molecule has 0 bridgehead atoms. The Balaban J connectivity index is 1.74. The Bertz CT molecular complexity index is 527. The number of rotatable bonds is 8. The SMILES string of the molecule is Cc1cc(C)cc(OCC(O)CN2CCCC(CCC(N)=O)C2)c1. The van der Waals surface area contributed by atoms with Crippen molar-refractivity contribution in [3.05, 3.63) is 29.3 Å². The quantitative estimate of drug-likeness (QED) is 0.763. The molecular weight excluding hydrogens is 304 g/mol. The third-order valence-corrected chi connectivity index (χ3v) is 4.51. The standard InChI is InChI=1S/C19H30N2O3/c1-14-8-15(2)10-18(9-14)24-13-17(22)12-21-7-3-4-16(11-21)5-6-19(20)23/h8-10,16-17,22H,3-7,11-13H2,1-2H3,(H2,20,23). The van der Waals surface area contributed by atoms with Crippen LogP contribution in [0.2, 0.25) is 0 Å². The van der Waals surface area contributed by atoms with Gasteiger partial charge in [0, 0.05) is 19.5 Å². The van der Waals surface area contributed by atoms with E-state index in [2.05, 4.69) is 11.0 Å². The molecule has 0 radical (unpaired) electrons. The first kappa shape index (κ1) is 18.7. The molecule has 5 heteroatoms. The average Bonchev–Trinajstić information content (AvgIpc) is 2.50. The number of aryl methyl sites for hydroxylation is 2. The predicted molar refractivity (Wildman–Crippen MR) is 95.0 cm³/mol. The lowest BCUT2D eigenvalue weighted by Gasteiger charge is -2.33. The van der Waals surface area contributed by atoms with Crippen LogP contribution in [-0.2, 0) is 4.79 Å². The van der Waals surface area contributed by atoms with E-state index in [9.17, 15) is 9.90 Å². The Kier molecular flexibility index (Phi) is 7.06. The van der Waals surface area contributed by atoms with Gasteiger partial charge in [0.1, 0.15) is 18.5 Å². The lowest BCUT2D eigenvalue weighted by molar-refractivity contribution is -0.118. The number of amides is 1. The highest BCUT2D eigenvalue weighted by Gasteiger charge is 2.22. The Morgan fingerprint density at radius 2 is 2.08 bits per heavy atom. The van der Waals surface area contributed by atoms with Gasteiger partial charge in [-0.1, -0.05) is 6.07 Å². The number of carbonyl (C=O) groups excluding carboxylic acids is 1. The molecule has 1 aromatic carbocycles. The maximum atomic E-state index is 10.9. The highest BCUT2D eigenvalue weighted by molar-refractivity contribution is 5.73. The van der Waals surface area contributed by atoms with Crippen molar-refractivity contribution in [1.82, 2.24) is 4.90 Å². The van der Waals surface area contributed by atoms with Crippen LogP contribution in [0.4, 0.5) is 0 Å². The van der Waals surface area contributed by atoms with E-state index >= 15 is 0 Å². The van der Waals surface area contributed by atoms with Crippen LogP contribution in [0.15, 0.2) is 18.2 Å². The Morgan fingerprint density at radius 1 is 1.38 bits per heavy atom. The topological polar surface area (TPSA) is 75.8 Å². The van der Waals surface area contributed by atoms with E-state index < -0.39 is 6.10 Å². The van der Waals surface area contributed by atoms with Gasteiger partial charge in [-0.2, -0.15) is 0 Å². The lowest BCUT2D eigenvalue weighted by atomic mass is 9.93. The molecule has 1 aliphatic heterocycles. The van der Waals surface area contributed by atoms with E-state index in [1.807, 2.05) is 26.0 Å². The van der Waals surface area contributed by atoms with Crippen molar-refractivity contribution >= 4 is 5.91 Å². The number of aliphatic hydroxyl groups is 1. The predicted octanol–water partition coefficient (Wildman–Crippen LogP) is 2.02. The van der Waals surface area contributed by atoms with Gasteiger partial charge >= 0.3 is 0 Å². The van der Waals surface area contributed by atoms with Crippen LogP contribution >= 0.6 is 0 Å². The van der Waals surface area contributed by atoms with Crippen molar-refractivity contribution in [1.29, 1.82) is 0 Å². The number of nitrogens with zero attached hydrogens (tertiary/aromatic N) is 1. The molecule has 1 heterocycles. The maximum Gasteiger partial charge on any atom is 0.217 e. The summed E-state index contributed by atoms with van der Waals surface area (Å²) in [5.41, 5.74) is 7.55. The van der Waals surface area contributed by atoms with Crippen LogP contribution in [0.3, 0.4) is 0 Å². The first-order valence-corrected chi connectivity index (χ1v) is 8.82. The molecule has 3 N–H and O–H groups in total. The number of likely N-dealkylation sites (tertiary alicyclic amines) is 1. The fourth-order valence-electron chi connectivity index (χ4n) is 3.46. The average molecular weight is 334 g/mol. The Morgan fingerprint density at radius 3 is 2.75 bits per heavy atom. The second kappa shape index (κ2) is 9.04. The number of aliphatic hydroxyl groups excluding tert-OH is 1. The Hall–Kier alpha value is -1.59. The zero-order valence-electron chi connectivity index (χ0n) is 14.8. The summed E-state index contributed by atoms with van der Waals surface area (Å²) < 4.78 is 5.74. The van der Waals surface area contributed by atoms with Gasteiger partial charge in [0.15, 0.2) is 0 Å². The van der Waals surface area contributed by atoms with Gasteiger partial charge in [-0.3, -0.25) is 4.79 Å². The molecule has 5 nitrogen and oxygen atoms in total. The zero-order valence-corrected chi connectivity index (χ0v) is 14.8. The van der Waals surface area contributed by atoms with Crippen LogP contribution in [0.1, 0.15) is 36.8 Å². The monoisotopic (exact) mass is 334 g/mol. The third kappa shape index (κ3) is 6.49. The summed E-state index contributed by atoms with van der Waals surface area (Å²) in [6, 6.07) is 6.07. The van der Waals surface area contributed by atoms with Crippen molar-refractivity contribution in [3.63, 3.8) is 0 Å². The third-order valence-electron chi connectivity index (χ3n) is 4.51. The summed E-state index contributed by atoms with van der Waals surface area (Å²) in [7, 11) is 0. The number of benzene rings is 1. The number of carbonyl (C=O) groups is 1. The van der Waals surface area contributed by atoms with Crippen molar-refractivity contribution in [3.8, 4) is 5.75 Å². The smallest absolute Gasteiger partial charge is 0.217 e. The molecule has 0 aromatic heterocycles. The molecule has 1 aliphatic rings. The van der Waals surface area contributed by atoms with E-state index in [4.69, 9.17) is 10.5 Å². The van der Waals surface area contributed by atoms with E-state index in [1.54, 1.807) is 0 Å². The lowest BCUT2D eigenvalue weighted by Crippen LogP contribution is -2.42. The van der Waals surface area contributed by atoms with Crippen LogP contribution < -0.4 is 10.5 Å². The van der Waals surface area contributed by atoms with Crippen LogP contribution in [0, 0.1) is 19.8 Å². The number of hydrogen-bond acceptors (Lipinski definition) is 4. The van der Waals surface area contributed by atoms with E-state index in [1.165, 1.54) is 0 Å². The molecule has 2 unspecified atom stereocenters. The van der Waals surface area contributed by atoms with Crippen molar-refractivity contribution < 1.29 is 14.6 Å². The van der Waals surface area contributed by atoms with E-state index in [-0.39, 0.29) is 5.91 Å². The number of ether oxygens (including phenoxy) is 1.